The van der Waals surface area contributed by atoms with E-state index in [9.17, 15) is 9.90 Å². The molecule has 3 heteroatoms. The van der Waals surface area contributed by atoms with Gasteiger partial charge in [0.15, 0.2) is 0 Å². The fourth-order valence-electron chi connectivity index (χ4n) is 2.59. The number of piperidine rings is 1. The lowest BCUT2D eigenvalue weighted by molar-refractivity contribution is -0.135. The largest absolute Gasteiger partial charge is 0.393 e. The SMILES string of the molecule is CCCCC#CCN1C(=O)CCC[C@@H]1CCC(O)CC. The number of carbonyl (C=O) groups excluding carboxylic acids is 1. The summed E-state index contributed by atoms with van der Waals surface area (Å²) >= 11 is 0. The summed E-state index contributed by atoms with van der Waals surface area (Å²) in [6.07, 6.45) is 8.15. The molecule has 0 aromatic rings. The zero-order chi connectivity index (χ0) is 14.8. The number of hydrogen-bond donors (Lipinski definition) is 1. The molecule has 0 aromatic heterocycles. The van der Waals surface area contributed by atoms with Crippen molar-refractivity contribution < 1.29 is 9.90 Å². The minimum atomic E-state index is -0.232. The third kappa shape index (κ3) is 5.96. The van der Waals surface area contributed by atoms with Gasteiger partial charge in [-0.05, 0) is 38.5 Å². The number of aliphatic hydroxyl groups excluding tert-OH is 1. The summed E-state index contributed by atoms with van der Waals surface area (Å²) < 4.78 is 0. The first-order valence-corrected chi connectivity index (χ1v) is 8.12. The number of nitrogens with zero attached hydrogens (tertiary/aromatic N) is 1. The molecule has 114 valence electrons. The lowest BCUT2D eigenvalue weighted by Crippen LogP contribution is -2.44. The molecule has 0 bridgehead atoms. The van der Waals surface area contributed by atoms with Gasteiger partial charge >= 0.3 is 0 Å². The van der Waals surface area contributed by atoms with Gasteiger partial charge in [-0.15, -0.1) is 5.92 Å². The molecule has 1 amide bonds. The van der Waals surface area contributed by atoms with Crippen LogP contribution in [-0.2, 0) is 4.79 Å². The van der Waals surface area contributed by atoms with Gasteiger partial charge in [0, 0.05) is 18.9 Å². The molecule has 3 nitrogen and oxygen atoms in total. The van der Waals surface area contributed by atoms with Crippen molar-refractivity contribution in [2.45, 2.75) is 83.8 Å². The maximum atomic E-state index is 12.0. The first-order valence-electron chi connectivity index (χ1n) is 8.12. The number of hydrogen-bond acceptors (Lipinski definition) is 2. The Bertz CT molecular complexity index is 343. The van der Waals surface area contributed by atoms with Crippen molar-refractivity contribution in [2.75, 3.05) is 6.54 Å². The predicted octanol–water partition coefficient (Wildman–Crippen LogP) is 3.11. The van der Waals surface area contributed by atoms with E-state index in [2.05, 4.69) is 18.8 Å². The Hall–Kier alpha value is -1.01. The smallest absolute Gasteiger partial charge is 0.223 e. The molecule has 1 rings (SSSR count). The molecule has 1 saturated heterocycles. The predicted molar refractivity (Wildman–Crippen MR) is 82.2 cm³/mol. The van der Waals surface area contributed by atoms with Gasteiger partial charge in [-0.2, -0.15) is 0 Å². The van der Waals surface area contributed by atoms with Gasteiger partial charge in [-0.3, -0.25) is 4.79 Å². The number of rotatable bonds is 7. The summed E-state index contributed by atoms with van der Waals surface area (Å²) in [5, 5.41) is 9.68. The van der Waals surface area contributed by atoms with Gasteiger partial charge in [-0.1, -0.05) is 26.2 Å². The number of unbranched alkanes of at least 4 members (excludes halogenated alkanes) is 2. The van der Waals surface area contributed by atoms with Gasteiger partial charge in [0.1, 0.15) is 0 Å². The van der Waals surface area contributed by atoms with E-state index in [4.69, 9.17) is 0 Å². The highest BCUT2D eigenvalue weighted by atomic mass is 16.3. The second-order valence-corrected chi connectivity index (χ2v) is 5.66. The lowest BCUT2D eigenvalue weighted by atomic mass is 9.95. The second-order valence-electron chi connectivity index (χ2n) is 5.66. The first-order chi connectivity index (χ1) is 9.69. The van der Waals surface area contributed by atoms with Crippen LogP contribution < -0.4 is 0 Å². The van der Waals surface area contributed by atoms with Crippen molar-refractivity contribution in [3.8, 4) is 11.8 Å². The average Bonchev–Trinajstić information content (AvgIpc) is 2.46. The molecule has 20 heavy (non-hydrogen) atoms. The van der Waals surface area contributed by atoms with E-state index in [-0.39, 0.29) is 18.1 Å². The summed E-state index contributed by atoms with van der Waals surface area (Å²) in [4.78, 5) is 14.0. The molecule has 2 atom stereocenters. The number of amides is 1. The molecule has 1 aliphatic rings. The van der Waals surface area contributed by atoms with Crippen molar-refractivity contribution in [3.63, 3.8) is 0 Å². The normalized spacial score (nSPS) is 20.4. The van der Waals surface area contributed by atoms with Crippen molar-refractivity contribution in [2.24, 2.45) is 0 Å². The van der Waals surface area contributed by atoms with Crippen LogP contribution in [-0.4, -0.2) is 34.6 Å². The Morgan fingerprint density at radius 3 is 2.90 bits per heavy atom. The molecule has 1 N–H and O–H groups in total. The topological polar surface area (TPSA) is 40.5 Å². The van der Waals surface area contributed by atoms with Gasteiger partial charge in [0.25, 0.3) is 0 Å². The van der Waals surface area contributed by atoms with E-state index in [0.29, 0.717) is 13.0 Å². The number of aliphatic hydroxyl groups is 1. The molecule has 1 fully saturated rings. The van der Waals surface area contributed by atoms with Crippen LogP contribution >= 0.6 is 0 Å². The van der Waals surface area contributed by atoms with Crippen LogP contribution in [0.1, 0.15) is 71.6 Å². The summed E-state index contributed by atoms with van der Waals surface area (Å²) in [5.74, 6) is 6.54. The van der Waals surface area contributed by atoms with E-state index in [0.717, 1.165) is 51.4 Å². The quantitative estimate of drug-likeness (QED) is 0.574. The van der Waals surface area contributed by atoms with Crippen LogP contribution in [0.5, 0.6) is 0 Å². The third-order valence-electron chi connectivity index (χ3n) is 4.02. The van der Waals surface area contributed by atoms with Crippen LogP contribution in [0.15, 0.2) is 0 Å². The zero-order valence-corrected chi connectivity index (χ0v) is 13.0. The standard InChI is InChI=1S/C17H29NO2/c1-3-5-6-7-8-14-18-15(10-9-11-17(18)20)12-13-16(19)4-2/h15-16,19H,3-6,9-14H2,1-2H3/t15-,16?/m1/s1. The van der Waals surface area contributed by atoms with E-state index in [1.54, 1.807) is 0 Å². The van der Waals surface area contributed by atoms with Crippen LogP contribution in [0, 0.1) is 11.8 Å². The maximum Gasteiger partial charge on any atom is 0.223 e. The molecule has 1 aliphatic heterocycles. The number of likely N-dealkylation sites (tertiary alicyclic amines) is 1. The van der Waals surface area contributed by atoms with Crippen LogP contribution in [0.4, 0.5) is 0 Å². The molecular formula is C17H29NO2. The molecule has 1 heterocycles. The highest BCUT2D eigenvalue weighted by Crippen LogP contribution is 2.22. The van der Waals surface area contributed by atoms with Crippen molar-refractivity contribution >= 4 is 5.91 Å². The van der Waals surface area contributed by atoms with Crippen LogP contribution in [0.25, 0.3) is 0 Å². The Kier molecular flexibility index (Phi) is 8.37. The molecular weight excluding hydrogens is 250 g/mol. The molecule has 0 aliphatic carbocycles. The van der Waals surface area contributed by atoms with Crippen LogP contribution in [0.2, 0.25) is 0 Å². The first kappa shape index (κ1) is 17.0. The molecule has 0 aromatic carbocycles. The number of carbonyl (C=O) groups is 1. The molecule has 1 unspecified atom stereocenters. The van der Waals surface area contributed by atoms with Gasteiger partial charge in [0.05, 0.1) is 12.6 Å². The van der Waals surface area contributed by atoms with E-state index in [1.165, 1.54) is 0 Å². The Balaban J connectivity index is 2.47. The van der Waals surface area contributed by atoms with Gasteiger partial charge < -0.3 is 10.0 Å². The second kappa shape index (κ2) is 9.83. The van der Waals surface area contributed by atoms with Gasteiger partial charge in [-0.25, -0.2) is 0 Å². The summed E-state index contributed by atoms with van der Waals surface area (Å²) in [7, 11) is 0. The van der Waals surface area contributed by atoms with Gasteiger partial charge in [0.2, 0.25) is 5.91 Å². The minimum absolute atomic E-state index is 0.232. The molecule has 0 saturated carbocycles. The van der Waals surface area contributed by atoms with E-state index < -0.39 is 0 Å². The molecule has 0 spiro atoms. The highest BCUT2D eigenvalue weighted by Gasteiger charge is 2.27. The summed E-state index contributed by atoms with van der Waals surface area (Å²) in [6.45, 7) is 4.72. The lowest BCUT2D eigenvalue weighted by Gasteiger charge is -2.34. The van der Waals surface area contributed by atoms with Crippen molar-refractivity contribution in [1.29, 1.82) is 0 Å². The Morgan fingerprint density at radius 2 is 2.20 bits per heavy atom. The summed E-state index contributed by atoms with van der Waals surface area (Å²) in [6, 6.07) is 0.276. The fourth-order valence-corrected chi connectivity index (χ4v) is 2.59. The third-order valence-corrected chi connectivity index (χ3v) is 4.02. The average molecular weight is 279 g/mol. The summed E-state index contributed by atoms with van der Waals surface area (Å²) in [5.41, 5.74) is 0. The molecule has 0 radical (unpaired) electrons. The van der Waals surface area contributed by atoms with E-state index >= 15 is 0 Å². The minimum Gasteiger partial charge on any atom is -0.393 e. The monoisotopic (exact) mass is 279 g/mol. The highest BCUT2D eigenvalue weighted by molar-refractivity contribution is 5.77. The zero-order valence-electron chi connectivity index (χ0n) is 13.0. The van der Waals surface area contributed by atoms with E-state index in [1.807, 2.05) is 11.8 Å². The fraction of sp³-hybridized carbons (Fsp3) is 0.824. The Labute approximate surface area is 123 Å². The maximum absolute atomic E-state index is 12.0. The van der Waals surface area contributed by atoms with Crippen molar-refractivity contribution in [3.05, 3.63) is 0 Å². The van der Waals surface area contributed by atoms with Crippen molar-refractivity contribution in [1.82, 2.24) is 4.90 Å². The Morgan fingerprint density at radius 1 is 1.40 bits per heavy atom. The van der Waals surface area contributed by atoms with Crippen LogP contribution in [0.3, 0.4) is 0 Å².